The van der Waals surface area contributed by atoms with Crippen LogP contribution >= 0.6 is 11.6 Å². The van der Waals surface area contributed by atoms with Crippen LogP contribution in [0.2, 0.25) is 5.02 Å². The fourth-order valence-corrected chi connectivity index (χ4v) is 3.43. The number of likely N-dealkylation sites (tertiary alicyclic amines) is 1. The number of nitrogens with zero attached hydrogens (tertiary/aromatic N) is 2. The van der Waals surface area contributed by atoms with Crippen LogP contribution in [-0.4, -0.2) is 34.8 Å². The predicted octanol–water partition coefficient (Wildman–Crippen LogP) is 4.24. The Morgan fingerprint density at radius 2 is 1.93 bits per heavy atom. The molecule has 1 aromatic carbocycles. The summed E-state index contributed by atoms with van der Waals surface area (Å²) in [6.45, 7) is 5.23. The van der Waals surface area contributed by atoms with E-state index in [4.69, 9.17) is 11.6 Å². The molecule has 0 radical (unpaired) electrons. The second kappa shape index (κ2) is 9.02. The molecule has 1 aliphatic heterocycles. The number of hydrogen-bond acceptors (Lipinski definition) is 3. The van der Waals surface area contributed by atoms with Crippen LogP contribution < -0.4 is 5.32 Å². The lowest BCUT2D eigenvalue weighted by atomic mass is 9.95. The number of anilines is 1. The topological polar surface area (TPSA) is 62.3 Å². The van der Waals surface area contributed by atoms with Gasteiger partial charge in [-0.3, -0.25) is 9.59 Å². The Morgan fingerprint density at radius 3 is 2.57 bits per heavy atom. The second-order valence-corrected chi connectivity index (χ2v) is 7.58. The molecule has 2 aromatic rings. The zero-order chi connectivity index (χ0) is 20.1. The Morgan fingerprint density at radius 1 is 1.18 bits per heavy atom. The van der Waals surface area contributed by atoms with Gasteiger partial charge in [-0.15, -0.1) is 0 Å². The maximum absolute atomic E-state index is 12.5. The van der Waals surface area contributed by atoms with Crippen LogP contribution in [-0.2, 0) is 9.59 Å². The maximum atomic E-state index is 12.5. The van der Waals surface area contributed by atoms with E-state index in [0.717, 1.165) is 11.1 Å². The van der Waals surface area contributed by atoms with Gasteiger partial charge in [0.15, 0.2) is 0 Å². The molecule has 0 unspecified atom stereocenters. The molecule has 0 bridgehead atoms. The Hall–Kier alpha value is -2.66. The summed E-state index contributed by atoms with van der Waals surface area (Å²) in [4.78, 5) is 30.7. The zero-order valence-electron chi connectivity index (χ0n) is 16.1. The molecule has 0 saturated carbocycles. The first kappa shape index (κ1) is 20.1. The van der Waals surface area contributed by atoms with Gasteiger partial charge >= 0.3 is 0 Å². The van der Waals surface area contributed by atoms with E-state index in [0.29, 0.717) is 36.8 Å². The van der Waals surface area contributed by atoms with Crippen molar-refractivity contribution < 1.29 is 9.59 Å². The van der Waals surface area contributed by atoms with Crippen molar-refractivity contribution in [3.05, 3.63) is 64.3 Å². The minimum Gasteiger partial charge on any atom is -0.339 e. The van der Waals surface area contributed by atoms with Crippen molar-refractivity contribution in [3.8, 4) is 0 Å². The first-order valence-electron chi connectivity index (χ1n) is 9.39. The normalized spacial score (nSPS) is 15.0. The number of pyridine rings is 1. The van der Waals surface area contributed by atoms with Crippen LogP contribution in [0.4, 0.5) is 5.82 Å². The molecule has 6 heteroatoms. The quantitative estimate of drug-likeness (QED) is 0.785. The molecular weight excluding hydrogens is 374 g/mol. The van der Waals surface area contributed by atoms with Crippen LogP contribution in [0.15, 0.2) is 42.6 Å². The number of carbonyl (C=O) groups is 2. The van der Waals surface area contributed by atoms with E-state index >= 15 is 0 Å². The molecule has 5 nitrogen and oxygen atoms in total. The standard InChI is InChI=1S/C22H24ClN3O2/c1-15-3-4-17(16(2)13-15)5-8-21(27)26-11-9-18(10-12-26)22(28)25-20-7-6-19(23)14-24-20/h3-8,13-14,18H,9-12H2,1-2H3,(H,24,25,28). The molecule has 28 heavy (non-hydrogen) atoms. The molecule has 0 spiro atoms. The minimum atomic E-state index is -0.121. The van der Waals surface area contributed by atoms with Gasteiger partial charge in [-0.1, -0.05) is 35.4 Å². The van der Waals surface area contributed by atoms with Gasteiger partial charge in [-0.25, -0.2) is 4.98 Å². The van der Waals surface area contributed by atoms with Gasteiger partial charge < -0.3 is 10.2 Å². The van der Waals surface area contributed by atoms with Crippen molar-refractivity contribution >= 4 is 35.3 Å². The van der Waals surface area contributed by atoms with E-state index in [-0.39, 0.29) is 17.7 Å². The molecule has 1 aliphatic rings. The fraction of sp³-hybridized carbons (Fsp3) is 0.318. The van der Waals surface area contributed by atoms with Crippen molar-refractivity contribution in [1.29, 1.82) is 0 Å². The molecule has 0 atom stereocenters. The second-order valence-electron chi connectivity index (χ2n) is 7.14. The molecule has 1 N–H and O–H groups in total. The highest BCUT2D eigenvalue weighted by atomic mass is 35.5. The maximum Gasteiger partial charge on any atom is 0.246 e. The number of rotatable bonds is 4. The highest BCUT2D eigenvalue weighted by molar-refractivity contribution is 6.30. The van der Waals surface area contributed by atoms with Crippen molar-refractivity contribution in [3.63, 3.8) is 0 Å². The lowest BCUT2D eigenvalue weighted by Crippen LogP contribution is -2.40. The number of amides is 2. The third-order valence-corrected chi connectivity index (χ3v) is 5.21. The van der Waals surface area contributed by atoms with Crippen LogP contribution in [0.1, 0.15) is 29.5 Å². The summed E-state index contributed by atoms with van der Waals surface area (Å²) in [5.74, 6) is 0.292. The first-order valence-corrected chi connectivity index (χ1v) is 9.77. The number of piperidine rings is 1. The fourth-order valence-electron chi connectivity index (χ4n) is 3.32. The van der Waals surface area contributed by atoms with Crippen molar-refractivity contribution in [2.75, 3.05) is 18.4 Å². The largest absolute Gasteiger partial charge is 0.339 e. The van der Waals surface area contributed by atoms with Gasteiger partial charge in [-0.2, -0.15) is 0 Å². The Kier molecular flexibility index (Phi) is 6.47. The molecule has 1 fully saturated rings. The van der Waals surface area contributed by atoms with E-state index in [2.05, 4.69) is 23.3 Å². The molecule has 1 aromatic heterocycles. The number of benzene rings is 1. The van der Waals surface area contributed by atoms with Crippen LogP contribution in [0, 0.1) is 19.8 Å². The highest BCUT2D eigenvalue weighted by Gasteiger charge is 2.26. The van der Waals surface area contributed by atoms with Gasteiger partial charge in [-0.05, 0) is 56.0 Å². The zero-order valence-corrected chi connectivity index (χ0v) is 16.9. The van der Waals surface area contributed by atoms with Crippen molar-refractivity contribution in [1.82, 2.24) is 9.88 Å². The Balaban J connectivity index is 1.51. The molecule has 2 amide bonds. The number of aryl methyl sites for hydroxylation is 2. The minimum absolute atomic E-state index is 0.0156. The molecular formula is C22H24ClN3O2. The average molecular weight is 398 g/mol. The molecule has 146 valence electrons. The Bertz CT molecular complexity index is 885. The summed E-state index contributed by atoms with van der Waals surface area (Å²) in [6.07, 6.45) is 6.27. The SMILES string of the molecule is Cc1ccc(C=CC(=O)N2CCC(C(=O)Nc3ccc(Cl)cn3)CC2)c(C)c1. The summed E-state index contributed by atoms with van der Waals surface area (Å²) < 4.78 is 0. The number of nitrogens with one attached hydrogen (secondary N) is 1. The van der Waals surface area contributed by atoms with Crippen molar-refractivity contribution in [2.24, 2.45) is 5.92 Å². The summed E-state index contributed by atoms with van der Waals surface area (Å²) in [5, 5.41) is 3.34. The third kappa shape index (κ3) is 5.20. The van der Waals surface area contributed by atoms with Crippen LogP contribution in [0.3, 0.4) is 0 Å². The molecule has 1 saturated heterocycles. The highest BCUT2D eigenvalue weighted by Crippen LogP contribution is 2.20. The number of carbonyl (C=O) groups excluding carboxylic acids is 2. The molecule has 0 aliphatic carbocycles. The monoisotopic (exact) mass is 397 g/mol. The average Bonchev–Trinajstić information content (AvgIpc) is 2.69. The smallest absolute Gasteiger partial charge is 0.246 e. The van der Waals surface area contributed by atoms with Gasteiger partial charge in [0.05, 0.1) is 5.02 Å². The van der Waals surface area contributed by atoms with E-state index in [9.17, 15) is 9.59 Å². The molecule has 2 heterocycles. The predicted molar refractivity (Wildman–Crippen MR) is 112 cm³/mol. The molecule has 3 rings (SSSR count). The van der Waals surface area contributed by atoms with E-state index in [1.807, 2.05) is 25.1 Å². The van der Waals surface area contributed by atoms with E-state index in [1.165, 1.54) is 11.8 Å². The van der Waals surface area contributed by atoms with Crippen LogP contribution in [0.25, 0.3) is 6.08 Å². The van der Waals surface area contributed by atoms with Gasteiger partial charge in [0.1, 0.15) is 5.82 Å². The first-order chi connectivity index (χ1) is 13.4. The van der Waals surface area contributed by atoms with Crippen molar-refractivity contribution in [2.45, 2.75) is 26.7 Å². The van der Waals surface area contributed by atoms with E-state index in [1.54, 1.807) is 23.1 Å². The lowest BCUT2D eigenvalue weighted by molar-refractivity contribution is -0.130. The third-order valence-electron chi connectivity index (χ3n) is 4.99. The summed E-state index contributed by atoms with van der Waals surface area (Å²) in [7, 11) is 0. The number of aromatic nitrogens is 1. The summed E-state index contributed by atoms with van der Waals surface area (Å²) in [6, 6.07) is 9.53. The number of halogens is 1. The number of hydrogen-bond donors (Lipinski definition) is 1. The van der Waals surface area contributed by atoms with Gasteiger partial charge in [0, 0.05) is 31.3 Å². The van der Waals surface area contributed by atoms with E-state index < -0.39 is 0 Å². The summed E-state index contributed by atoms with van der Waals surface area (Å²) >= 11 is 5.80. The Labute approximate surface area is 170 Å². The lowest BCUT2D eigenvalue weighted by Gasteiger charge is -2.30. The van der Waals surface area contributed by atoms with Gasteiger partial charge in [0.2, 0.25) is 11.8 Å². The van der Waals surface area contributed by atoms with Crippen LogP contribution in [0.5, 0.6) is 0 Å². The summed E-state index contributed by atoms with van der Waals surface area (Å²) in [5.41, 5.74) is 3.40. The van der Waals surface area contributed by atoms with Gasteiger partial charge in [0.25, 0.3) is 0 Å².